The number of likely N-dealkylation sites (tertiary alicyclic amines) is 1. The number of benzene rings is 1. The number of hydrogen-bond acceptors (Lipinski definition) is 3. The second-order valence-electron chi connectivity index (χ2n) is 5.91. The van der Waals surface area contributed by atoms with Crippen LogP contribution in [0, 0.1) is 0 Å². The van der Waals surface area contributed by atoms with Gasteiger partial charge in [0.2, 0.25) is 0 Å². The third-order valence-corrected chi connectivity index (χ3v) is 4.51. The highest BCUT2D eigenvalue weighted by atomic mass is 35.5. The van der Waals surface area contributed by atoms with Crippen molar-refractivity contribution in [1.82, 2.24) is 15.1 Å². The summed E-state index contributed by atoms with van der Waals surface area (Å²) in [6.45, 7) is 6.95. The molecule has 1 aliphatic rings. The molecular weight excluding hydrogens is 326 g/mol. The predicted octanol–water partition coefficient (Wildman–Crippen LogP) is 2.41. The van der Waals surface area contributed by atoms with Gasteiger partial charge in [0.25, 0.3) is 11.8 Å². The van der Waals surface area contributed by atoms with Crippen LogP contribution >= 0.6 is 12.4 Å². The standard InChI is InChI=1S/C18H27N3O2.ClH/c1-4-20(5-2)17(22)14-8-10-15(11-9-14)18(23)21-12-6-7-16(21)13-19-3;/h8-11,16,19H,4-7,12-13H2,1-3H3;1H. The van der Waals surface area contributed by atoms with E-state index in [0.717, 1.165) is 25.9 Å². The van der Waals surface area contributed by atoms with E-state index in [9.17, 15) is 9.59 Å². The molecule has 1 aliphatic heterocycles. The molecule has 1 saturated heterocycles. The average Bonchev–Trinajstić information content (AvgIpc) is 3.04. The number of hydrogen-bond donors (Lipinski definition) is 1. The highest BCUT2D eigenvalue weighted by Gasteiger charge is 2.28. The van der Waals surface area contributed by atoms with E-state index in [-0.39, 0.29) is 30.3 Å². The Hall–Kier alpha value is -1.59. The Morgan fingerprint density at radius 1 is 1.17 bits per heavy atom. The third-order valence-electron chi connectivity index (χ3n) is 4.51. The van der Waals surface area contributed by atoms with E-state index in [2.05, 4.69) is 5.32 Å². The smallest absolute Gasteiger partial charge is 0.254 e. The molecule has 24 heavy (non-hydrogen) atoms. The van der Waals surface area contributed by atoms with Crippen LogP contribution in [0.3, 0.4) is 0 Å². The van der Waals surface area contributed by atoms with Crippen molar-refractivity contribution in [3.8, 4) is 0 Å². The van der Waals surface area contributed by atoms with Gasteiger partial charge < -0.3 is 15.1 Å². The minimum Gasteiger partial charge on any atom is -0.339 e. The second kappa shape index (κ2) is 9.64. The molecule has 1 aromatic rings. The molecule has 1 unspecified atom stereocenters. The molecule has 0 saturated carbocycles. The lowest BCUT2D eigenvalue weighted by Gasteiger charge is -2.24. The van der Waals surface area contributed by atoms with Crippen molar-refractivity contribution < 1.29 is 9.59 Å². The quantitative estimate of drug-likeness (QED) is 0.854. The molecule has 0 spiro atoms. The van der Waals surface area contributed by atoms with Gasteiger partial charge in [-0.15, -0.1) is 12.4 Å². The lowest BCUT2D eigenvalue weighted by atomic mass is 10.1. The first-order valence-corrected chi connectivity index (χ1v) is 8.47. The van der Waals surface area contributed by atoms with Gasteiger partial charge in [0.15, 0.2) is 0 Å². The van der Waals surface area contributed by atoms with Crippen LogP contribution in [0.5, 0.6) is 0 Å². The molecule has 0 aliphatic carbocycles. The fraction of sp³-hybridized carbons (Fsp3) is 0.556. The summed E-state index contributed by atoms with van der Waals surface area (Å²) >= 11 is 0. The third kappa shape index (κ3) is 4.48. The van der Waals surface area contributed by atoms with Gasteiger partial charge in [-0.05, 0) is 58.0 Å². The molecule has 1 atom stereocenters. The number of nitrogens with zero attached hydrogens (tertiary/aromatic N) is 2. The zero-order valence-electron chi connectivity index (χ0n) is 14.7. The van der Waals surface area contributed by atoms with Crippen LogP contribution in [0.25, 0.3) is 0 Å². The summed E-state index contributed by atoms with van der Waals surface area (Å²) in [5.74, 6) is 0.0767. The molecule has 5 nitrogen and oxygen atoms in total. The second-order valence-corrected chi connectivity index (χ2v) is 5.91. The number of carbonyl (C=O) groups excluding carboxylic acids is 2. The van der Waals surface area contributed by atoms with Gasteiger partial charge in [0.1, 0.15) is 0 Å². The molecule has 1 heterocycles. The summed E-state index contributed by atoms with van der Waals surface area (Å²) < 4.78 is 0. The minimum absolute atomic E-state index is 0. The molecule has 1 N–H and O–H groups in total. The lowest BCUT2D eigenvalue weighted by Crippen LogP contribution is -2.40. The number of likely N-dealkylation sites (N-methyl/N-ethyl adjacent to an activating group) is 1. The first kappa shape index (κ1) is 20.5. The number of halogens is 1. The van der Waals surface area contributed by atoms with Crippen LogP contribution in [0.15, 0.2) is 24.3 Å². The average molecular weight is 354 g/mol. The highest BCUT2D eigenvalue weighted by Crippen LogP contribution is 2.20. The first-order chi connectivity index (χ1) is 11.1. The summed E-state index contributed by atoms with van der Waals surface area (Å²) in [6.07, 6.45) is 2.10. The molecule has 0 bridgehead atoms. The van der Waals surface area contributed by atoms with Crippen LogP contribution in [0.2, 0.25) is 0 Å². The maximum absolute atomic E-state index is 12.7. The molecule has 134 valence electrons. The highest BCUT2D eigenvalue weighted by molar-refractivity contribution is 5.98. The van der Waals surface area contributed by atoms with Crippen LogP contribution < -0.4 is 5.32 Å². The van der Waals surface area contributed by atoms with Crippen LogP contribution in [-0.4, -0.2) is 60.9 Å². The fourth-order valence-corrected chi connectivity index (χ4v) is 3.17. The number of rotatable bonds is 6. The fourth-order valence-electron chi connectivity index (χ4n) is 3.17. The van der Waals surface area contributed by atoms with Gasteiger partial charge in [0.05, 0.1) is 0 Å². The molecule has 2 amide bonds. The Morgan fingerprint density at radius 3 is 2.29 bits per heavy atom. The summed E-state index contributed by atoms with van der Waals surface area (Å²) in [4.78, 5) is 28.7. The van der Waals surface area contributed by atoms with E-state index < -0.39 is 0 Å². The van der Waals surface area contributed by atoms with Crippen molar-refractivity contribution in [2.75, 3.05) is 33.2 Å². The normalized spacial score (nSPS) is 16.6. The molecular formula is C18H28ClN3O2. The maximum Gasteiger partial charge on any atom is 0.254 e. The molecule has 1 fully saturated rings. The molecule has 2 rings (SSSR count). The summed E-state index contributed by atoms with van der Waals surface area (Å²) in [5.41, 5.74) is 1.29. The van der Waals surface area contributed by atoms with E-state index in [1.165, 1.54) is 0 Å². The van der Waals surface area contributed by atoms with Crippen molar-refractivity contribution >= 4 is 24.2 Å². The SMILES string of the molecule is CCN(CC)C(=O)c1ccc(C(=O)N2CCCC2CNC)cc1.Cl. The zero-order valence-corrected chi connectivity index (χ0v) is 15.6. The monoisotopic (exact) mass is 353 g/mol. The summed E-state index contributed by atoms with van der Waals surface area (Å²) in [7, 11) is 1.91. The Bertz CT molecular complexity index is 544. The molecule has 0 aromatic heterocycles. The Kier molecular flexibility index (Phi) is 8.22. The van der Waals surface area contributed by atoms with Gasteiger partial charge in [-0.3, -0.25) is 9.59 Å². The summed E-state index contributed by atoms with van der Waals surface area (Å²) in [6, 6.07) is 7.33. The molecule has 1 aromatic carbocycles. The lowest BCUT2D eigenvalue weighted by molar-refractivity contribution is 0.0733. The van der Waals surface area contributed by atoms with Crippen molar-refractivity contribution in [2.24, 2.45) is 0 Å². The van der Waals surface area contributed by atoms with Crippen molar-refractivity contribution in [3.05, 3.63) is 35.4 Å². The van der Waals surface area contributed by atoms with Gasteiger partial charge >= 0.3 is 0 Å². The van der Waals surface area contributed by atoms with Gasteiger partial charge in [-0.2, -0.15) is 0 Å². The Balaban J connectivity index is 0.00000288. The van der Waals surface area contributed by atoms with Crippen molar-refractivity contribution in [1.29, 1.82) is 0 Å². The minimum atomic E-state index is 0. The molecule has 6 heteroatoms. The van der Waals surface area contributed by atoms with Crippen LogP contribution in [0.4, 0.5) is 0 Å². The summed E-state index contributed by atoms with van der Waals surface area (Å²) in [5, 5.41) is 3.15. The number of nitrogens with one attached hydrogen (secondary N) is 1. The van der Waals surface area contributed by atoms with Crippen molar-refractivity contribution in [3.63, 3.8) is 0 Å². The Labute approximate surface area is 150 Å². The van der Waals surface area contributed by atoms with E-state index in [0.29, 0.717) is 24.2 Å². The maximum atomic E-state index is 12.7. The van der Waals surface area contributed by atoms with E-state index in [1.54, 1.807) is 29.2 Å². The van der Waals surface area contributed by atoms with E-state index in [4.69, 9.17) is 0 Å². The van der Waals surface area contributed by atoms with E-state index in [1.807, 2.05) is 25.8 Å². The van der Waals surface area contributed by atoms with Gasteiger partial charge in [-0.25, -0.2) is 0 Å². The van der Waals surface area contributed by atoms with Crippen molar-refractivity contribution in [2.45, 2.75) is 32.7 Å². The predicted molar refractivity (Wildman–Crippen MR) is 98.9 cm³/mol. The van der Waals surface area contributed by atoms with Crippen LogP contribution in [0.1, 0.15) is 47.4 Å². The van der Waals surface area contributed by atoms with Crippen LogP contribution in [-0.2, 0) is 0 Å². The van der Waals surface area contributed by atoms with E-state index >= 15 is 0 Å². The molecule has 0 radical (unpaired) electrons. The largest absolute Gasteiger partial charge is 0.339 e. The van der Waals surface area contributed by atoms with Gasteiger partial charge in [-0.1, -0.05) is 0 Å². The zero-order chi connectivity index (χ0) is 16.8. The Morgan fingerprint density at radius 2 is 1.75 bits per heavy atom. The topological polar surface area (TPSA) is 52.7 Å². The number of amides is 2. The number of carbonyl (C=O) groups is 2. The van der Waals surface area contributed by atoms with Gasteiger partial charge in [0, 0.05) is 43.3 Å². The first-order valence-electron chi connectivity index (χ1n) is 8.47.